The van der Waals surface area contributed by atoms with Gasteiger partial charge in [0.2, 0.25) is 0 Å². The van der Waals surface area contributed by atoms with E-state index in [-0.39, 0.29) is 0 Å². The van der Waals surface area contributed by atoms with E-state index in [0.29, 0.717) is 12.5 Å². The van der Waals surface area contributed by atoms with Gasteiger partial charge in [-0.3, -0.25) is 0 Å². The quantitative estimate of drug-likeness (QED) is 0.600. The van der Waals surface area contributed by atoms with E-state index >= 15 is 0 Å². The Morgan fingerprint density at radius 1 is 1.30 bits per heavy atom. The van der Waals surface area contributed by atoms with Crippen molar-refractivity contribution in [3.05, 3.63) is 23.9 Å². The zero-order valence-electron chi connectivity index (χ0n) is 14.8. The molecule has 23 heavy (non-hydrogen) atoms. The van der Waals surface area contributed by atoms with Crippen molar-refractivity contribution in [3.63, 3.8) is 0 Å². The molecule has 0 aliphatic carbocycles. The van der Waals surface area contributed by atoms with Crippen molar-refractivity contribution in [2.75, 3.05) is 31.1 Å². The highest BCUT2D eigenvalue weighted by Crippen LogP contribution is 2.18. The van der Waals surface area contributed by atoms with Crippen LogP contribution in [0.4, 0.5) is 5.82 Å². The minimum absolute atomic E-state index is 0.681. The second-order valence-corrected chi connectivity index (χ2v) is 6.52. The molecule has 0 bridgehead atoms. The zero-order chi connectivity index (χ0) is 16.5. The van der Waals surface area contributed by atoms with Gasteiger partial charge in [-0.05, 0) is 49.8 Å². The lowest BCUT2D eigenvalue weighted by atomic mass is 10.1. The summed E-state index contributed by atoms with van der Waals surface area (Å²) in [6.45, 7) is 11.3. The van der Waals surface area contributed by atoms with Crippen LogP contribution in [0.2, 0.25) is 0 Å². The molecule has 0 unspecified atom stereocenters. The third-order valence-corrected chi connectivity index (χ3v) is 4.02. The second-order valence-electron chi connectivity index (χ2n) is 6.52. The summed E-state index contributed by atoms with van der Waals surface area (Å²) in [4.78, 5) is 11.6. The van der Waals surface area contributed by atoms with Crippen LogP contribution in [0.25, 0.3) is 0 Å². The van der Waals surface area contributed by atoms with E-state index in [0.717, 1.165) is 44.4 Å². The average Bonchev–Trinajstić information content (AvgIpc) is 3.07. The lowest BCUT2D eigenvalue weighted by molar-refractivity contribution is 0.573. The molecule has 0 radical (unpaired) electrons. The molecular formula is C18H31N5. The van der Waals surface area contributed by atoms with Crippen LogP contribution >= 0.6 is 0 Å². The number of nitrogens with one attached hydrogen (secondary N) is 2. The minimum Gasteiger partial charge on any atom is -0.357 e. The Morgan fingerprint density at radius 3 is 2.78 bits per heavy atom. The Kier molecular flexibility index (Phi) is 7.17. The first kappa shape index (κ1) is 17.6. The lowest BCUT2D eigenvalue weighted by Crippen LogP contribution is -2.38. The molecule has 2 N–H and O–H groups in total. The third-order valence-electron chi connectivity index (χ3n) is 4.02. The summed E-state index contributed by atoms with van der Waals surface area (Å²) in [6, 6.07) is 4.23. The summed E-state index contributed by atoms with van der Waals surface area (Å²) in [5, 5.41) is 6.71. The largest absolute Gasteiger partial charge is 0.357 e. The van der Waals surface area contributed by atoms with Crippen LogP contribution in [0.15, 0.2) is 23.3 Å². The van der Waals surface area contributed by atoms with Crippen LogP contribution in [0.1, 0.15) is 45.6 Å². The number of rotatable bonds is 7. The number of pyridine rings is 1. The van der Waals surface area contributed by atoms with Crippen LogP contribution in [-0.4, -0.2) is 37.1 Å². The molecule has 1 aliphatic rings. The van der Waals surface area contributed by atoms with E-state index in [1.807, 2.05) is 6.20 Å². The number of hydrogen-bond donors (Lipinski definition) is 2. The van der Waals surface area contributed by atoms with Crippen LogP contribution in [0.3, 0.4) is 0 Å². The van der Waals surface area contributed by atoms with Crippen molar-refractivity contribution in [1.82, 2.24) is 15.6 Å². The molecule has 2 heterocycles. The molecule has 0 spiro atoms. The summed E-state index contributed by atoms with van der Waals surface area (Å²) < 4.78 is 0. The number of aromatic nitrogens is 1. The van der Waals surface area contributed by atoms with Gasteiger partial charge in [0.05, 0.1) is 6.54 Å². The summed E-state index contributed by atoms with van der Waals surface area (Å²) >= 11 is 0. The van der Waals surface area contributed by atoms with Crippen LogP contribution in [0.5, 0.6) is 0 Å². The molecule has 0 saturated carbocycles. The highest BCUT2D eigenvalue weighted by molar-refractivity contribution is 5.79. The monoisotopic (exact) mass is 317 g/mol. The highest BCUT2D eigenvalue weighted by atomic mass is 15.2. The van der Waals surface area contributed by atoms with E-state index in [2.05, 4.69) is 53.4 Å². The summed E-state index contributed by atoms with van der Waals surface area (Å²) in [6.07, 6.45) is 5.60. The molecule has 1 aromatic heterocycles. The van der Waals surface area contributed by atoms with Gasteiger partial charge < -0.3 is 15.5 Å². The molecule has 1 aromatic rings. The van der Waals surface area contributed by atoms with Gasteiger partial charge in [0, 0.05) is 32.4 Å². The molecule has 1 fully saturated rings. The first-order valence-electron chi connectivity index (χ1n) is 8.91. The van der Waals surface area contributed by atoms with Gasteiger partial charge in [-0.25, -0.2) is 9.98 Å². The summed E-state index contributed by atoms with van der Waals surface area (Å²) in [5.74, 6) is 2.69. The maximum atomic E-state index is 4.70. The third kappa shape index (κ3) is 6.08. The molecule has 0 amide bonds. The van der Waals surface area contributed by atoms with E-state index in [9.17, 15) is 0 Å². The topological polar surface area (TPSA) is 52.6 Å². The smallest absolute Gasteiger partial charge is 0.191 e. The molecule has 5 nitrogen and oxygen atoms in total. The van der Waals surface area contributed by atoms with Gasteiger partial charge in [0.15, 0.2) is 5.96 Å². The van der Waals surface area contributed by atoms with E-state index in [4.69, 9.17) is 4.99 Å². The molecule has 128 valence electrons. The predicted molar refractivity (Wildman–Crippen MR) is 98.0 cm³/mol. The number of nitrogens with zero attached hydrogens (tertiary/aromatic N) is 3. The van der Waals surface area contributed by atoms with E-state index in [1.165, 1.54) is 18.4 Å². The lowest BCUT2D eigenvalue weighted by Gasteiger charge is -2.16. The second kappa shape index (κ2) is 9.38. The fourth-order valence-electron chi connectivity index (χ4n) is 2.67. The molecule has 2 rings (SSSR count). The molecule has 0 aromatic carbocycles. The SMILES string of the molecule is CCNC(=NCc1ccnc(N2CCCC2)c1)NCCC(C)C. The predicted octanol–water partition coefficient (Wildman–Crippen LogP) is 2.78. The van der Waals surface area contributed by atoms with Gasteiger partial charge in [-0.2, -0.15) is 0 Å². The molecule has 0 atom stereocenters. The number of anilines is 1. The van der Waals surface area contributed by atoms with Crippen LogP contribution in [0, 0.1) is 5.92 Å². The Bertz CT molecular complexity index is 492. The van der Waals surface area contributed by atoms with Crippen molar-refractivity contribution in [1.29, 1.82) is 0 Å². The molecule has 5 heteroatoms. The van der Waals surface area contributed by atoms with E-state index < -0.39 is 0 Å². The van der Waals surface area contributed by atoms with Gasteiger partial charge in [-0.1, -0.05) is 13.8 Å². The van der Waals surface area contributed by atoms with Gasteiger partial charge >= 0.3 is 0 Å². The molecule has 1 saturated heterocycles. The van der Waals surface area contributed by atoms with E-state index in [1.54, 1.807) is 0 Å². The maximum Gasteiger partial charge on any atom is 0.191 e. The summed E-state index contributed by atoms with van der Waals surface area (Å²) in [5.41, 5.74) is 1.21. The van der Waals surface area contributed by atoms with Crippen molar-refractivity contribution >= 4 is 11.8 Å². The fraction of sp³-hybridized carbons (Fsp3) is 0.667. The maximum absolute atomic E-state index is 4.70. The van der Waals surface area contributed by atoms with Gasteiger partial charge in [0.1, 0.15) is 5.82 Å². The normalized spacial score (nSPS) is 15.3. The average molecular weight is 317 g/mol. The van der Waals surface area contributed by atoms with Gasteiger partial charge in [0.25, 0.3) is 0 Å². The Morgan fingerprint density at radius 2 is 2.09 bits per heavy atom. The number of guanidine groups is 1. The van der Waals surface area contributed by atoms with Crippen molar-refractivity contribution in [2.45, 2.75) is 46.6 Å². The first-order valence-corrected chi connectivity index (χ1v) is 8.91. The van der Waals surface area contributed by atoms with Crippen molar-refractivity contribution in [2.24, 2.45) is 10.9 Å². The Hall–Kier alpha value is -1.78. The van der Waals surface area contributed by atoms with Crippen LogP contribution in [-0.2, 0) is 6.54 Å². The van der Waals surface area contributed by atoms with Crippen molar-refractivity contribution in [3.8, 4) is 0 Å². The fourth-order valence-corrected chi connectivity index (χ4v) is 2.67. The Balaban J connectivity index is 1.93. The van der Waals surface area contributed by atoms with Gasteiger partial charge in [-0.15, -0.1) is 0 Å². The Labute approximate surface area is 140 Å². The molecule has 1 aliphatic heterocycles. The number of hydrogen-bond acceptors (Lipinski definition) is 3. The first-order chi connectivity index (χ1) is 11.2. The van der Waals surface area contributed by atoms with Crippen LogP contribution < -0.4 is 15.5 Å². The zero-order valence-corrected chi connectivity index (χ0v) is 14.8. The molecular weight excluding hydrogens is 286 g/mol. The minimum atomic E-state index is 0.681. The highest BCUT2D eigenvalue weighted by Gasteiger charge is 2.13. The standard InChI is InChI=1S/C18H31N5/c1-4-19-18(21-9-7-15(2)3)22-14-16-8-10-20-17(13-16)23-11-5-6-12-23/h8,10,13,15H,4-7,9,11-12,14H2,1-3H3,(H2,19,21,22). The van der Waals surface area contributed by atoms with Crippen molar-refractivity contribution < 1.29 is 0 Å². The summed E-state index contributed by atoms with van der Waals surface area (Å²) in [7, 11) is 0. The number of aliphatic imine (C=N–C) groups is 1.